The number of nitro benzene ring substituents is 1. The van der Waals surface area contributed by atoms with E-state index in [4.69, 9.17) is 79.1 Å². The summed E-state index contributed by atoms with van der Waals surface area (Å²) in [6.45, 7) is 44.2. The van der Waals surface area contributed by atoms with Crippen LogP contribution in [0.4, 0.5) is 11.5 Å². The molecule has 0 spiro atoms. The summed E-state index contributed by atoms with van der Waals surface area (Å²) in [5.74, 6) is 1.88. The van der Waals surface area contributed by atoms with Crippen LogP contribution in [0.15, 0.2) is 151 Å². The molecule has 0 bridgehead atoms. The van der Waals surface area contributed by atoms with E-state index < -0.39 is 98.6 Å². The Morgan fingerprint density at radius 3 is 1.04 bits per heavy atom. The number of anilines is 1. The van der Waals surface area contributed by atoms with Crippen LogP contribution in [0.2, 0.25) is 115 Å². The number of aliphatic hydroxyl groups excluding tert-OH is 6. The largest absolute Gasteiger partial charge is 0.494 e. The molecule has 6 unspecified atom stereocenters. The standard InChI is InChI=1S/C22H40BNO5Si.C16H30BNO5Si.C16H28N2O5Si.C14H26N2O3Si.C14H25NO4Si.C14H25NO3SSi/c1-21(2)22(3,4)29-23(28-21)19-11-9-18(10-12-19)15-24-16-20(25)17-27-13-8-14-30(6,7)26-5;1-22-24(2,3)10-4-9-23-13-16(19)12-18-11-14-5-7-15(8-6-14)17(20)21;1-22-24(2,3)10-4-9-23-13-16(19)12-17-11-14-5-7-15(8-6-14)18(20)21;1-18-20(2,3)10-6-9-19-12-13(17)11-16-14-7-4-5-8-15-14;2*1-17-20(2,3)10-6-9-18-11-13(16)12-19-14-7-4-5-8-15-14/h9-12,20,24-25H,8,13-17H2,1-7H3;5-8,16,18-21H,4,9-13H2,1-3H3;5-8,16-17,19H,4,9-13H2,1-3H3;4-5,7-8,13,17H,6,9-12H2,1-3H3,(H,15,16);2*4-5,7-8,13,16H,6,9-12H2,1-3H3. The summed E-state index contributed by atoms with van der Waals surface area (Å²) >= 11 is 1.55. The van der Waals surface area contributed by atoms with E-state index in [-0.39, 0.29) is 37.2 Å². The first-order valence-corrected chi connectivity index (χ1v) is 67.7. The zero-order valence-corrected chi connectivity index (χ0v) is 93.8. The molecule has 12 N–H and O–H groups in total. The van der Waals surface area contributed by atoms with Crippen molar-refractivity contribution in [3.05, 3.63) is 173 Å². The highest BCUT2D eigenvalue weighted by molar-refractivity contribution is 7.99. The second-order valence-corrected chi connectivity index (χ2v) is 66.2. The van der Waals surface area contributed by atoms with Crippen molar-refractivity contribution in [2.24, 2.45) is 0 Å². The van der Waals surface area contributed by atoms with Gasteiger partial charge in [-0.1, -0.05) is 78.9 Å². The van der Waals surface area contributed by atoms with Crippen LogP contribution in [-0.2, 0) is 83.9 Å². The Morgan fingerprint density at radius 2 is 0.725 bits per heavy atom. The van der Waals surface area contributed by atoms with E-state index in [2.05, 4.69) is 155 Å². The first-order valence-electron chi connectivity index (χ1n) is 48.1. The maximum atomic E-state index is 10.6. The minimum atomic E-state index is -1.52. The predicted octanol–water partition coefficient (Wildman–Crippen LogP) is 12.1. The SMILES string of the molecule is CO[Si](C)(C)CCCOCC(O)CNCc1ccc(B(O)O)cc1.CO[Si](C)(C)CCCOCC(O)CNCc1ccc(B2OC(C)(C)C(C)(C)O2)cc1.CO[Si](C)(C)CCCOCC(O)CNCc1ccc([N+](=O)[O-])cc1.CO[Si](C)(C)CCCOCC(O)CNc1ccccn1.CO[Si](C)(C)CCCOCC(O)COc1ccccn1.CO[Si](C)(C)CCCOCC(O)CSc1ccccn1. The van der Waals surface area contributed by atoms with Gasteiger partial charge in [0, 0.05) is 171 Å². The fourth-order valence-electron chi connectivity index (χ4n) is 12.2. The van der Waals surface area contributed by atoms with Crippen LogP contribution >= 0.6 is 11.8 Å². The van der Waals surface area contributed by atoms with Crippen LogP contribution in [0.5, 0.6) is 5.88 Å². The van der Waals surface area contributed by atoms with Gasteiger partial charge in [0.25, 0.3) is 5.69 Å². The van der Waals surface area contributed by atoms with Gasteiger partial charge in [0.15, 0.2) is 49.9 Å². The Balaban J connectivity index is 0.000000564. The van der Waals surface area contributed by atoms with Gasteiger partial charge in [-0.3, -0.25) is 10.1 Å². The van der Waals surface area contributed by atoms with Gasteiger partial charge in [0.2, 0.25) is 5.88 Å². The molecule has 0 radical (unpaired) electrons. The lowest BCUT2D eigenvalue weighted by molar-refractivity contribution is -0.384. The molecule has 138 heavy (non-hydrogen) atoms. The van der Waals surface area contributed by atoms with Crippen molar-refractivity contribution >= 4 is 98.3 Å². The minimum Gasteiger partial charge on any atom is -0.475 e. The molecular weight excluding hydrogens is 1890 g/mol. The Labute approximate surface area is 836 Å². The average Bonchev–Trinajstić information content (AvgIpc) is 1.62. The number of nitrogens with zero attached hydrogens (tertiary/aromatic N) is 4. The number of non-ortho nitro benzene ring substituents is 1. The van der Waals surface area contributed by atoms with Crippen LogP contribution in [0.3, 0.4) is 0 Å². The van der Waals surface area contributed by atoms with E-state index in [1.54, 1.807) is 103 Å². The molecule has 3 aromatic carbocycles. The number of hydrogen-bond donors (Lipinski definition) is 12. The Morgan fingerprint density at radius 1 is 0.406 bits per heavy atom. The summed E-state index contributed by atoms with van der Waals surface area (Å²) < 4.78 is 83.4. The third-order valence-electron chi connectivity index (χ3n) is 22.9. The summed E-state index contributed by atoms with van der Waals surface area (Å²) in [4.78, 5) is 22.5. The quantitative estimate of drug-likeness (QED) is 0.00555. The van der Waals surface area contributed by atoms with Crippen molar-refractivity contribution in [3.63, 3.8) is 0 Å². The molecule has 1 fully saturated rings. The van der Waals surface area contributed by atoms with E-state index in [0.717, 1.165) is 108 Å². The van der Waals surface area contributed by atoms with E-state index in [1.165, 1.54) is 12.1 Å². The van der Waals surface area contributed by atoms with Crippen molar-refractivity contribution in [1.29, 1.82) is 0 Å². The number of aromatic nitrogens is 3. The first kappa shape index (κ1) is 129. The number of rotatable bonds is 66. The topological polar surface area (TPSA) is 430 Å². The maximum Gasteiger partial charge on any atom is 0.494 e. The number of aliphatic hydroxyl groups is 6. The van der Waals surface area contributed by atoms with Crippen molar-refractivity contribution < 1.29 is 115 Å². The average molecular weight is 2060 g/mol. The molecule has 33 nitrogen and oxygen atoms in total. The molecule has 1 aliphatic heterocycles. The van der Waals surface area contributed by atoms with Gasteiger partial charge in [-0.25, -0.2) is 15.0 Å². The smallest absolute Gasteiger partial charge is 0.475 e. The van der Waals surface area contributed by atoms with Gasteiger partial charge in [-0.15, -0.1) is 11.8 Å². The lowest BCUT2D eigenvalue weighted by Crippen LogP contribution is -2.41. The highest BCUT2D eigenvalue weighted by atomic mass is 32.2. The molecule has 784 valence electrons. The Kier molecular flexibility index (Phi) is 67.5. The van der Waals surface area contributed by atoms with Gasteiger partial charge in [0.05, 0.1) is 91.3 Å². The first-order chi connectivity index (χ1) is 65.2. The summed E-state index contributed by atoms with van der Waals surface area (Å²) in [7, 11) is -0.119. The van der Waals surface area contributed by atoms with Crippen LogP contribution in [-0.4, -0.2) is 333 Å². The summed E-state index contributed by atoms with van der Waals surface area (Å²) in [5, 5.41) is 101. The molecule has 6 aromatic rings. The molecule has 42 heteroatoms. The number of pyridine rings is 3. The zero-order chi connectivity index (χ0) is 103. The molecule has 6 atom stereocenters. The Hall–Kier alpha value is -5.11. The van der Waals surface area contributed by atoms with Gasteiger partial charge < -0.3 is 131 Å². The third kappa shape index (κ3) is 64.6. The molecule has 0 aliphatic carbocycles. The van der Waals surface area contributed by atoms with Crippen molar-refractivity contribution in [2.75, 3.05) is 166 Å². The predicted molar refractivity (Wildman–Crippen MR) is 569 cm³/mol. The van der Waals surface area contributed by atoms with Crippen LogP contribution in [0.1, 0.15) is 82.9 Å². The third-order valence-corrected chi connectivity index (χ3v) is 40.0. The summed E-state index contributed by atoms with van der Waals surface area (Å²) in [6, 6.07) is 44.8. The van der Waals surface area contributed by atoms with Crippen molar-refractivity contribution in [2.45, 2.75) is 254 Å². The number of hydrogen-bond acceptors (Lipinski definition) is 33. The molecular formula is C96H174B2N8O25SSi6. The molecule has 1 saturated heterocycles. The molecule has 1 aliphatic rings. The minimum absolute atomic E-state index is 0.0758. The van der Waals surface area contributed by atoms with Gasteiger partial charge in [-0.05, 0) is 239 Å². The molecule has 7 rings (SSSR count). The maximum absolute atomic E-state index is 10.6. The molecule has 0 saturated carbocycles. The van der Waals surface area contributed by atoms with Gasteiger partial charge >= 0.3 is 14.2 Å². The van der Waals surface area contributed by atoms with Crippen LogP contribution in [0, 0.1) is 10.1 Å². The van der Waals surface area contributed by atoms with Gasteiger partial charge in [0.1, 0.15) is 18.5 Å². The number of nitro groups is 1. The van der Waals surface area contributed by atoms with Crippen LogP contribution in [0.25, 0.3) is 0 Å². The number of nitrogens with one attached hydrogen (secondary N) is 4. The highest BCUT2D eigenvalue weighted by Crippen LogP contribution is 2.37. The molecule has 4 heterocycles. The summed E-state index contributed by atoms with van der Waals surface area (Å²) in [5.41, 5.74) is 3.98. The highest BCUT2D eigenvalue weighted by Gasteiger charge is 2.51. The van der Waals surface area contributed by atoms with Crippen molar-refractivity contribution in [3.8, 4) is 5.88 Å². The van der Waals surface area contributed by atoms with E-state index in [0.29, 0.717) is 136 Å². The second-order valence-electron chi connectivity index (χ2n) is 38.6. The van der Waals surface area contributed by atoms with E-state index in [9.17, 15) is 40.8 Å². The fraction of sp³-hybridized carbons (Fsp3) is 0.656. The van der Waals surface area contributed by atoms with E-state index >= 15 is 0 Å². The monoisotopic (exact) mass is 2060 g/mol. The van der Waals surface area contributed by atoms with Crippen LogP contribution < -0.4 is 36.9 Å². The zero-order valence-electron chi connectivity index (χ0n) is 87.0. The van der Waals surface area contributed by atoms with Gasteiger partial charge in [-0.2, -0.15) is 0 Å². The fourth-order valence-corrected chi connectivity index (χ4v) is 20.2. The summed E-state index contributed by atoms with van der Waals surface area (Å²) in [6.07, 6.45) is 7.69. The van der Waals surface area contributed by atoms with Crippen molar-refractivity contribution in [1.82, 2.24) is 30.9 Å². The molecule has 0 amide bonds. The van der Waals surface area contributed by atoms with E-state index in [1.807, 2.05) is 72.8 Å². The lowest BCUT2D eigenvalue weighted by Gasteiger charge is -2.32. The molecule has 3 aromatic heterocycles. The number of thioether (sulfide) groups is 1. The number of benzene rings is 3. The normalized spacial score (nSPS) is 14.5. The Bertz CT molecular complexity index is 3810. The number of ether oxygens (including phenoxy) is 7. The lowest BCUT2D eigenvalue weighted by atomic mass is 9.79. The second kappa shape index (κ2) is 72.2.